The quantitative estimate of drug-likeness (QED) is 0.285. The van der Waals surface area contributed by atoms with E-state index in [-0.39, 0.29) is 16.9 Å². The zero-order valence-electron chi connectivity index (χ0n) is 20.7. The summed E-state index contributed by atoms with van der Waals surface area (Å²) in [6, 6.07) is 12.7. The second-order valence-corrected chi connectivity index (χ2v) is 9.25. The van der Waals surface area contributed by atoms with Crippen molar-refractivity contribution < 1.29 is 32.3 Å². The number of benzene rings is 2. The number of carbonyl (C=O) groups is 3. The fraction of sp³-hybridized carbons (Fsp3) is 0.259. The first-order valence-electron chi connectivity index (χ1n) is 11.3. The van der Waals surface area contributed by atoms with Crippen LogP contribution in [-0.4, -0.2) is 28.4 Å². The summed E-state index contributed by atoms with van der Waals surface area (Å²) in [6.45, 7) is 6.70. The second kappa shape index (κ2) is 10.8. The third kappa shape index (κ3) is 7.63. The SMILES string of the molecule is Cc1ncccc1-c1cccc(C(=O)CC(=O)Nc2cc(C(F)(F)F)ccc2NC(=O)OC(C)(C)C)c1. The zero-order chi connectivity index (χ0) is 27.4. The molecule has 0 bridgehead atoms. The molecule has 2 N–H and O–H groups in total. The molecule has 0 saturated carbocycles. The van der Waals surface area contributed by atoms with Crippen LogP contribution in [0.2, 0.25) is 0 Å². The highest BCUT2D eigenvalue weighted by Gasteiger charge is 2.31. The van der Waals surface area contributed by atoms with Gasteiger partial charge in [-0.05, 0) is 63.6 Å². The Labute approximate surface area is 212 Å². The van der Waals surface area contributed by atoms with Gasteiger partial charge < -0.3 is 10.1 Å². The standard InChI is InChI=1S/C27H26F3N3O4/c1-16-20(9-6-12-31-16)17-7-5-8-18(13-17)23(34)15-24(35)32-22-14-19(27(28,29)30)10-11-21(22)33-25(36)37-26(2,3)4/h5-14H,15H2,1-4H3,(H,32,35)(H,33,36). The molecule has 7 nitrogen and oxygen atoms in total. The third-order valence-corrected chi connectivity index (χ3v) is 5.08. The van der Waals surface area contributed by atoms with Gasteiger partial charge in [0.1, 0.15) is 5.60 Å². The highest BCUT2D eigenvalue weighted by Crippen LogP contribution is 2.34. The monoisotopic (exact) mass is 513 g/mol. The number of alkyl halides is 3. The fourth-order valence-corrected chi connectivity index (χ4v) is 3.44. The Morgan fingerprint density at radius 1 is 0.919 bits per heavy atom. The lowest BCUT2D eigenvalue weighted by Crippen LogP contribution is -2.28. The molecule has 0 saturated heterocycles. The maximum absolute atomic E-state index is 13.3. The molecule has 2 amide bonds. The first-order chi connectivity index (χ1) is 17.2. The molecular formula is C27H26F3N3O4. The van der Waals surface area contributed by atoms with E-state index in [9.17, 15) is 27.6 Å². The van der Waals surface area contributed by atoms with Crippen molar-refractivity contribution in [2.45, 2.75) is 45.9 Å². The number of hydrogen-bond acceptors (Lipinski definition) is 5. The smallest absolute Gasteiger partial charge is 0.416 e. The van der Waals surface area contributed by atoms with E-state index in [2.05, 4.69) is 15.6 Å². The van der Waals surface area contributed by atoms with Gasteiger partial charge in [0, 0.05) is 23.0 Å². The zero-order valence-corrected chi connectivity index (χ0v) is 20.7. The summed E-state index contributed by atoms with van der Waals surface area (Å²) in [4.78, 5) is 41.9. The van der Waals surface area contributed by atoms with Gasteiger partial charge in [0.25, 0.3) is 0 Å². The van der Waals surface area contributed by atoms with Gasteiger partial charge in [0.05, 0.1) is 23.4 Å². The highest BCUT2D eigenvalue weighted by atomic mass is 19.4. The van der Waals surface area contributed by atoms with Crippen LogP contribution in [0.15, 0.2) is 60.8 Å². The van der Waals surface area contributed by atoms with Gasteiger partial charge in [0.15, 0.2) is 5.78 Å². The van der Waals surface area contributed by atoms with E-state index in [0.29, 0.717) is 6.07 Å². The van der Waals surface area contributed by atoms with E-state index in [0.717, 1.165) is 29.0 Å². The van der Waals surface area contributed by atoms with Gasteiger partial charge in [-0.25, -0.2) is 4.79 Å². The summed E-state index contributed by atoms with van der Waals surface area (Å²) in [5, 5.41) is 4.64. The number of halogens is 3. The molecule has 1 heterocycles. The van der Waals surface area contributed by atoms with Crippen LogP contribution in [0.4, 0.5) is 29.3 Å². The molecule has 0 aliphatic rings. The van der Waals surface area contributed by atoms with Crippen molar-refractivity contribution in [3.05, 3.63) is 77.6 Å². The molecular weight excluding hydrogens is 487 g/mol. The molecule has 0 aliphatic heterocycles. The second-order valence-electron chi connectivity index (χ2n) is 9.25. The number of anilines is 2. The van der Waals surface area contributed by atoms with Crippen molar-refractivity contribution in [3.8, 4) is 11.1 Å². The molecule has 0 atom stereocenters. The molecule has 10 heteroatoms. The van der Waals surface area contributed by atoms with Gasteiger partial charge in [-0.2, -0.15) is 13.2 Å². The normalized spacial score (nSPS) is 11.5. The summed E-state index contributed by atoms with van der Waals surface area (Å²) in [5.74, 6) is -1.38. The van der Waals surface area contributed by atoms with Gasteiger partial charge in [-0.15, -0.1) is 0 Å². The highest BCUT2D eigenvalue weighted by molar-refractivity contribution is 6.12. The Morgan fingerprint density at radius 3 is 2.30 bits per heavy atom. The number of Topliss-reactive ketones (excluding diaryl/α,β-unsaturated/α-hetero) is 1. The Bertz CT molecular complexity index is 1330. The molecule has 2 aromatic carbocycles. The van der Waals surface area contributed by atoms with Gasteiger partial charge >= 0.3 is 12.3 Å². The van der Waals surface area contributed by atoms with Crippen molar-refractivity contribution in [1.29, 1.82) is 0 Å². The summed E-state index contributed by atoms with van der Waals surface area (Å²) in [5.41, 5.74) is 0.251. The maximum atomic E-state index is 13.3. The van der Waals surface area contributed by atoms with E-state index in [1.807, 2.05) is 13.0 Å². The van der Waals surface area contributed by atoms with Crippen LogP contribution < -0.4 is 10.6 Å². The van der Waals surface area contributed by atoms with Crippen LogP contribution in [0.3, 0.4) is 0 Å². The lowest BCUT2D eigenvalue weighted by molar-refractivity contribution is -0.137. The predicted octanol–water partition coefficient (Wildman–Crippen LogP) is 6.63. The number of rotatable bonds is 6. The van der Waals surface area contributed by atoms with Crippen LogP contribution >= 0.6 is 0 Å². The van der Waals surface area contributed by atoms with E-state index in [4.69, 9.17) is 4.74 Å². The minimum absolute atomic E-state index is 0.114. The Morgan fingerprint density at radius 2 is 1.65 bits per heavy atom. The van der Waals surface area contributed by atoms with E-state index in [1.54, 1.807) is 57.3 Å². The van der Waals surface area contributed by atoms with Crippen molar-refractivity contribution in [2.24, 2.45) is 0 Å². The number of amides is 2. The summed E-state index contributed by atoms with van der Waals surface area (Å²) in [7, 11) is 0. The molecule has 0 radical (unpaired) electrons. The van der Waals surface area contributed by atoms with Crippen molar-refractivity contribution in [3.63, 3.8) is 0 Å². The third-order valence-electron chi connectivity index (χ3n) is 5.08. The number of carbonyl (C=O) groups excluding carboxylic acids is 3. The number of aryl methyl sites for hydroxylation is 1. The number of nitrogens with one attached hydrogen (secondary N) is 2. The topological polar surface area (TPSA) is 97.4 Å². The van der Waals surface area contributed by atoms with E-state index < -0.39 is 41.5 Å². The van der Waals surface area contributed by atoms with Crippen LogP contribution in [-0.2, 0) is 15.7 Å². The molecule has 0 spiro atoms. The molecule has 37 heavy (non-hydrogen) atoms. The number of hydrogen-bond donors (Lipinski definition) is 2. The first kappa shape index (κ1) is 27.4. The van der Waals surface area contributed by atoms with E-state index in [1.165, 1.54) is 0 Å². The number of nitrogens with zero attached hydrogens (tertiary/aromatic N) is 1. The summed E-state index contributed by atoms with van der Waals surface area (Å²) >= 11 is 0. The maximum Gasteiger partial charge on any atom is 0.416 e. The first-order valence-corrected chi connectivity index (χ1v) is 11.3. The van der Waals surface area contributed by atoms with Crippen molar-refractivity contribution in [1.82, 2.24) is 4.98 Å². The average molecular weight is 514 g/mol. The van der Waals surface area contributed by atoms with E-state index >= 15 is 0 Å². The molecule has 0 unspecified atom stereocenters. The Hall–Kier alpha value is -4.21. The van der Waals surface area contributed by atoms with Gasteiger partial charge in [-0.1, -0.05) is 24.3 Å². The van der Waals surface area contributed by atoms with Crippen LogP contribution in [0.1, 0.15) is 48.8 Å². The summed E-state index contributed by atoms with van der Waals surface area (Å²) < 4.78 is 45.0. The lowest BCUT2D eigenvalue weighted by atomic mass is 9.99. The summed E-state index contributed by atoms with van der Waals surface area (Å²) in [6.07, 6.45) is -4.58. The largest absolute Gasteiger partial charge is 0.444 e. The number of ketones is 1. The van der Waals surface area contributed by atoms with Crippen LogP contribution in [0.25, 0.3) is 11.1 Å². The molecule has 3 rings (SSSR count). The average Bonchev–Trinajstić information content (AvgIpc) is 2.78. The molecule has 1 aromatic heterocycles. The fourth-order valence-electron chi connectivity index (χ4n) is 3.44. The van der Waals surface area contributed by atoms with Crippen molar-refractivity contribution in [2.75, 3.05) is 10.6 Å². The van der Waals surface area contributed by atoms with Crippen LogP contribution in [0.5, 0.6) is 0 Å². The number of ether oxygens (including phenoxy) is 1. The predicted molar refractivity (Wildman–Crippen MR) is 133 cm³/mol. The number of aromatic nitrogens is 1. The molecule has 3 aromatic rings. The van der Waals surface area contributed by atoms with Gasteiger partial charge in [0.2, 0.25) is 5.91 Å². The van der Waals surface area contributed by atoms with Crippen LogP contribution in [0, 0.1) is 6.92 Å². The number of pyridine rings is 1. The minimum atomic E-state index is -4.69. The Kier molecular flexibility index (Phi) is 8.00. The minimum Gasteiger partial charge on any atom is -0.444 e. The molecule has 194 valence electrons. The Balaban J connectivity index is 1.80. The molecule has 0 fully saturated rings. The van der Waals surface area contributed by atoms with Gasteiger partial charge in [-0.3, -0.25) is 19.9 Å². The lowest BCUT2D eigenvalue weighted by Gasteiger charge is -2.21. The van der Waals surface area contributed by atoms with Crippen molar-refractivity contribution >= 4 is 29.2 Å². The molecule has 0 aliphatic carbocycles.